The summed E-state index contributed by atoms with van der Waals surface area (Å²) >= 11 is 12.5. The average Bonchev–Trinajstić information content (AvgIpc) is 3.16. The van der Waals surface area contributed by atoms with Gasteiger partial charge in [-0.2, -0.15) is 0 Å². The normalized spacial score (nSPS) is 15.8. The predicted molar refractivity (Wildman–Crippen MR) is 109 cm³/mol. The number of fused-ring (bicyclic) bond motifs is 1. The zero-order valence-electron chi connectivity index (χ0n) is 15.1. The summed E-state index contributed by atoms with van der Waals surface area (Å²) in [6, 6.07) is 10.9. The van der Waals surface area contributed by atoms with Crippen molar-refractivity contribution in [1.29, 1.82) is 0 Å². The Morgan fingerprint density at radius 2 is 1.68 bits per heavy atom. The van der Waals surface area contributed by atoms with E-state index in [4.69, 9.17) is 27.8 Å². The molecule has 4 rings (SSSR count). The summed E-state index contributed by atoms with van der Waals surface area (Å²) in [5.41, 5.74) is 2.73. The lowest BCUT2D eigenvalue weighted by atomic mass is 10.2. The molecule has 1 N–H and O–H groups in total. The van der Waals surface area contributed by atoms with Gasteiger partial charge in [0.25, 0.3) is 0 Å². The van der Waals surface area contributed by atoms with E-state index < -0.39 is 0 Å². The molecule has 1 aliphatic rings. The fourth-order valence-corrected chi connectivity index (χ4v) is 3.83. The molecule has 0 unspecified atom stereocenters. The van der Waals surface area contributed by atoms with Crippen molar-refractivity contribution >= 4 is 45.8 Å². The molecular formula is C19H19Cl2N5O2. The van der Waals surface area contributed by atoms with Gasteiger partial charge < -0.3 is 5.32 Å². The second-order valence-electron chi connectivity index (χ2n) is 6.74. The molecule has 1 fully saturated rings. The van der Waals surface area contributed by atoms with Gasteiger partial charge in [-0.1, -0.05) is 35.3 Å². The van der Waals surface area contributed by atoms with Gasteiger partial charge in [0.15, 0.2) is 5.52 Å². The number of hydrogen-bond acceptors (Lipinski definition) is 6. The maximum absolute atomic E-state index is 12.4. The first-order chi connectivity index (χ1) is 13.6. The van der Waals surface area contributed by atoms with Crippen molar-refractivity contribution < 1.29 is 9.42 Å². The molecule has 1 aliphatic heterocycles. The van der Waals surface area contributed by atoms with Gasteiger partial charge in [-0.05, 0) is 34.6 Å². The van der Waals surface area contributed by atoms with Crippen LogP contribution in [-0.4, -0.2) is 58.7 Å². The third kappa shape index (κ3) is 4.28. The van der Waals surface area contributed by atoms with E-state index in [1.165, 1.54) is 0 Å². The van der Waals surface area contributed by atoms with Gasteiger partial charge in [0.05, 0.1) is 12.2 Å². The molecule has 1 saturated heterocycles. The molecule has 0 radical (unpaired) electrons. The number of halogens is 2. The van der Waals surface area contributed by atoms with Gasteiger partial charge >= 0.3 is 0 Å². The van der Waals surface area contributed by atoms with Crippen LogP contribution in [0.4, 0.5) is 5.69 Å². The predicted octanol–water partition coefficient (Wildman–Crippen LogP) is 3.29. The summed E-state index contributed by atoms with van der Waals surface area (Å²) in [7, 11) is 0. The maximum atomic E-state index is 12.4. The van der Waals surface area contributed by atoms with Gasteiger partial charge in [0.2, 0.25) is 5.91 Å². The van der Waals surface area contributed by atoms with E-state index in [2.05, 4.69) is 25.4 Å². The van der Waals surface area contributed by atoms with Crippen molar-refractivity contribution in [2.75, 3.05) is 38.0 Å². The van der Waals surface area contributed by atoms with Crippen LogP contribution in [0.1, 0.15) is 5.56 Å². The van der Waals surface area contributed by atoms with Crippen LogP contribution in [-0.2, 0) is 11.3 Å². The molecule has 0 saturated carbocycles. The molecule has 0 spiro atoms. The van der Waals surface area contributed by atoms with E-state index in [0.717, 1.165) is 31.7 Å². The standard InChI is InChI=1S/C19H19Cl2N5O2/c20-14-3-1-4-15(21)13(14)11-25-7-9-26(10-8-25)12-18(27)22-16-5-2-6-17-19(16)24-28-23-17/h1-6H,7-12H2,(H,22,27). The SMILES string of the molecule is O=C(CN1CCN(Cc2c(Cl)cccc2Cl)CC1)Nc1cccc2nonc12. The number of aromatic nitrogens is 2. The number of rotatable bonds is 5. The molecule has 0 bridgehead atoms. The Morgan fingerprint density at radius 3 is 2.43 bits per heavy atom. The summed E-state index contributed by atoms with van der Waals surface area (Å²) in [4.78, 5) is 16.8. The number of benzene rings is 2. The van der Waals surface area contributed by atoms with Crippen LogP contribution in [0.25, 0.3) is 11.0 Å². The van der Waals surface area contributed by atoms with E-state index in [1.807, 2.05) is 18.2 Å². The van der Waals surface area contributed by atoms with Crippen LogP contribution in [0.3, 0.4) is 0 Å². The molecular weight excluding hydrogens is 401 g/mol. The molecule has 2 heterocycles. The second-order valence-corrected chi connectivity index (χ2v) is 7.55. The highest BCUT2D eigenvalue weighted by atomic mass is 35.5. The number of carbonyl (C=O) groups excluding carboxylic acids is 1. The highest BCUT2D eigenvalue weighted by Gasteiger charge is 2.21. The Labute approximate surface area is 172 Å². The Hall–Kier alpha value is -2.19. The zero-order chi connectivity index (χ0) is 19.5. The second kappa shape index (κ2) is 8.45. The summed E-state index contributed by atoms with van der Waals surface area (Å²) in [6.45, 7) is 4.31. The van der Waals surface area contributed by atoms with Crippen molar-refractivity contribution in [2.45, 2.75) is 6.54 Å². The smallest absolute Gasteiger partial charge is 0.238 e. The highest BCUT2D eigenvalue weighted by Crippen LogP contribution is 2.26. The summed E-state index contributed by atoms with van der Waals surface area (Å²) in [5.74, 6) is -0.0851. The van der Waals surface area contributed by atoms with Crippen LogP contribution in [0.15, 0.2) is 41.0 Å². The highest BCUT2D eigenvalue weighted by molar-refractivity contribution is 6.35. The molecule has 2 aromatic carbocycles. The topological polar surface area (TPSA) is 74.5 Å². The van der Waals surface area contributed by atoms with Crippen molar-refractivity contribution in [1.82, 2.24) is 20.1 Å². The Bertz CT molecular complexity index is 965. The number of carbonyl (C=O) groups is 1. The fraction of sp³-hybridized carbons (Fsp3) is 0.316. The van der Waals surface area contributed by atoms with Crippen LogP contribution in [0, 0.1) is 0 Å². The zero-order valence-corrected chi connectivity index (χ0v) is 16.6. The minimum absolute atomic E-state index is 0.0851. The van der Waals surface area contributed by atoms with Gasteiger partial charge in [0, 0.05) is 48.3 Å². The Morgan fingerprint density at radius 1 is 1.00 bits per heavy atom. The lowest BCUT2D eigenvalue weighted by Crippen LogP contribution is -2.48. The van der Waals surface area contributed by atoms with Crippen LogP contribution >= 0.6 is 23.2 Å². The number of hydrogen-bond donors (Lipinski definition) is 1. The van der Waals surface area contributed by atoms with Crippen molar-refractivity contribution in [2.24, 2.45) is 0 Å². The molecule has 0 atom stereocenters. The van der Waals surface area contributed by atoms with Crippen LogP contribution < -0.4 is 5.32 Å². The van der Waals surface area contributed by atoms with E-state index in [0.29, 0.717) is 39.9 Å². The van der Waals surface area contributed by atoms with E-state index in [1.54, 1.807) is 18.2 Å². The minimum Gasteiger partial charge on any atom is -0.323 e. The number of piperazine rings is 1. The van der Waals surface area contributed by atoms with E-state index in [-0.39, 0.29) is 5.91 Å². The van der Waals surface area contributed by atoms with Gasteiger partial charge in [-0.25, -0.2) is 4.63 Å². The minimum atomic E-state index is -0.0851. The summed E-state index contributed by atoms with van der Waals surface area (Å²) < 4.78 is 4.73. The third-order valence-electron chi connectivity index (χ3n) is 4.84. The molecule has 1 aromatic heterocycles. The quantitative estimate of drug-likeness (QED) is 0.683. The lowest BCUT2D eigenvalue weighted by Gasteiger charge is -2.34. The van der Waals surface area contributed by atoms with E-state index >= 15 is 0 Å². The molecule has 28 heavy (non-hydrogen) atoms. The van der Waals surface area contributed by atoms with E-state index in [9.17, 15) is 4.79 Å². The number of nitrogens with zero attached hydrogens (tertiary/aromatic N) is 4. The monoisotopic (exact) mass is 419 g/mol. The van der Waals surface area contributed by atoms with Crippen molar-refractivity contribution in [3.63, 3.8) is 0 Å². The van der Waals surface area contributed by atoms with Gasteiger partial charge in [-0.3, -0.25) is 14.6 Å². The van der Waals surface area contributed by atoms with Crippen LogP contribution in [0.2, 0.25) is 10.0 Å². The molecule has 7 nitrogen and oxygen atoms in total. The molecule has 0 aliphatic carbocycles. The summed E-state index contributed by atoms with van der Waals surface area (Å²) in [6.07, 6.45) is 0. The number of anilines is 1. The van der Waals surface area contributed by atoms with Crippen molar-refractivity contribution in [3.8, 4) is 0 Å². The first-order valence-electron chi connectivity index (χ1n) is 8.99. The number of amides is 1. The fourth-order valence-electron chi connectivity index (χ4n) is 3.31. The average molecular weight is 420 g/mol. The molecule has 9 heteroatoms. The molecule has 146 valence electrons. The van der Waals surface area contributed by atoms with Crippen LogP contribution in [0.5, 0.6) is 0 Å². The maximum Gasteiger partial charge on any atom is 0.238 e. The first-order valence-corrected chi connectivity index (χ1v) is 9.74. The van der Waals surface area contributed by atoms with Gasteiger partial charge in [0.1, 0.15) is 5.52 Å². The molecule has 3 aromatic rings. The van der Waals surface area contributed by atoms with Gasteiger partial charge in [-0.15, -0.1) is 0 Å². The molecule has 1 amide bonds. The lowest BCUT2D eigenvalue weighted by molar-refractivity contribution is -0.117. The largest absolute Gasteiger partial charge is 0.323 e. The Balaban J connectivity index is 1.29. The van der Waals surface area contributed by atoms with Crippen molar-refractivity contribution in [3.05, 3.63) is 52.0 Å². The Kier molecular flexibility index (Phi) is 5.77. The first kappa shape index (κ1) is 19.1. The number of nitrogens with one attached hydrogen (secondary N) is 1. The summed E-state index contributed by atoms with van der Waals surface area (Å²) in [5, 5.41) is 11.9. The third-order valence-corrected chi connectivity index (χ3v) is 5.54.